The normalized spacial score (nSPS) is 12.5. The van der Waals surface area contributed by atoms with Gasteiger partial charge < -0.3 is 16.2 Å². The van der Waals surface area contributed by atoms with Gasteiger partial charge in [-0.2, -0.15) is 5.10 Å². The number of esters is 1. The molecule has 6 heteroatoms. The average Bonchev–Trinajstić information content (AvgIpc) is 2.58. The predicted molar refractivity (Wildman–Crippen MR) is 70.3 cm³/mol. The molecule has 0 unspecified atom stereocenters. The third kappa shape index (κ3) is 2.82. The van der Waals surface area contributed by atoms with Gasteiger partial charge in [0, 0.05) is 6.07 Å². The number of ether oxygens (including phenoxy) is 1. The van der Waals surface area contributed by atoms with Gasteiger partial charge in [-0.05, 0) is 19.8 Å². The molecule has 1 aromatic heterocycles. The van der Waals surface area contributed by atoms with Gasteiger partial charge in [-0.3, -0.25) is 0 Å². The molecule has 0 aromatic carbocycles. The molecule has 0 saturated carbocycles. The fourth-order valence-electron chi connectivity index (χ4n) is 1.70. The molecule has 0 aliphatic rings. The Labute approximate surface area is 107 Å². The van der Waals surface area contributed by atoms with Crippen molar-refractivity contribution in [1.82, 2.24) is 9.78 Å². The zero-order valence-electron chi connectivity index (χ0n) is 11.2. The second kappa shape index (κ2) is 5.57. The van der Waals surface area contributed by atoms with Crippen LogP contribution in [0.3, 0.4) is 0 Å². The van der Waals surface area contributed by atoms with Crippen LogP contribution >= 0.6 is 0 Å². The quantitative estimate of drug-likeness (QED) is 0.618. The van der Waals surface area contributed by atoms with Crippen molar-refractivity contribution in [1.29, 1.82) is 0 Å². The van der Waals surface area contributed by atoms with Crippen LogP contribution in [0.1, 0.15) is 26.5 Å². The predicted octanol–water partition coefficient (Wildman–Crippen LogP) is 1.12. The Balaban J connectivity index is 3.29. The van der Waals surface area contributed by atoms with E-state index in [1.807, 2.05) is 20.8 Å². The standard InChI is InChI=1S/C12H20N4O2/c1-5-18-12(17)10(14)11(7(2)3)16-9(13)6-8(4)15-16/h6-7H,5,13-14H2,1-4H3/b11-10-. The molecule has 1 heterocycles. The van der Waals surface area contributed by atoms with E-state index in [9.17, 15) is 4.79 Å². The van der Waals surface area contributed by atoms with E-state index >= 15 is 0 Å². The first-order chi connectivity index (χ1) is 8.38. The summed E-state index contributed by atoms with van der Waals surface area (Å²) in [5.74, 6) is -0.104. The number of carbonyl (C=O) groups is 1. The summed E-state index contributed by atoms with van der Waals surface area (Å²) in [5, 5.41) is 4.24. The first-order valence-corrected chi connectivity index (χ1v) is 5.87. The first kappa shape index (κ1) is 14.1. The van der Waals surface area contributed by atoms with Crippen LogP contribution in [0, 0.1) is 12.8 Å². The maximum Gasteiger partial charge on any atom is 0.356 e. The maximum absolute atomic E-state index is 11.7. The van der Waals surface area contributed by atoms with Gasteiger partial charge in [0.1, 0.15) is 11.5 Å². The molecule has 0 aliphatic heterocycles. The zero-order valence-corrected chi connectivity index (χ0v) is 11.2. The lowest BCUT2D eigenvalue weighted by atomic mass is 10.1. The largest absolute Gasteiger partial charge is 0.461 e. The third-order valence-corrected chi connectivity index (χ3v) is 2.41. The van der Waals surface area contributed by atoms with Crippen LogP contribution in [-0.4, -0.2) is 22.4 Å². The van der Waals surface area contributed by atoms with Gasteiger partial charge in [0.05, 0.1) is 18.0 Å². The Kier molecular flexibility index (Phi) is 4.36. The number of nitrogens with zero attached hydrogens (tertiary/aromatic N) is 2. The molecule has 1 aromatic rings. The van der Waals surface area contributed by atoms with E-state index in [1.165, 1.54) is 4.68 Å². The lowest BCUT2D eigenvalue weighted by Gasteiger charge is -2.16. The summed E-state index contributed by atoms with van der Waals surface area (Å²) in [6.45, 7) is 7.66. The second-order valence-corrected chi connectivity index (χ2v) is 4.30. The molecule has 0 aliphatic carbocycles. The number of aromatic nitrogens is 2. The zero-order chi connectivity index (χ0) is 13.9. The van der Waals surface area contributed by atoms with E-state index in [1.54, 1.807) is 13.0 Å². The Morgan fingerprint density at radius 2 is 2.17 bits per heavy atom. The van der Waals surface area contributed by atoms with E-state index in [0.29, 0.717) is 11.5 Å². The molecular weight excluding hydrogens is 232 g/mol. The van der Waals surface area contributed by atoms with Crippen molar-refractivity contribution in [2.24, 2.45) is 11.7 Å². The summed E-state index contributed by atoms with van der Waals surface area (Å²) in [5.41, 5.74) is 13.1. The van der Waals surface area contributed by atoms with Crippen molar-refractivity contribution in [3.05, 3.63) is 17.5 Å². The van der Waals surface area contributed by atoms with Crippen LogP contribution in [0.2, 0.25) is 0 Å². The number of carbonyl (C=O) groups excluding carboxylic acids is 1. The van der Waals surface area contributed by atoms with Crippen LogP contribution in [0.25, 0.3) is 5.70 Å². The van der Waals surface area contributed by atoms with Gasteiger partial charge in [-0.25, -0.2) is 9.48 Å². The van der Waals surface area contributed by atoms with Crippen LogP contribution in [0.5, 0.6) is 0 Å². The summed E-state index contributed by atoms with van der Waals surface area (Å²) in [6.07, 6.45) is 0. The number of rotatable bonds is 4. The Hall–Kier alpha value is -1.98. The van der Waals surface area contributed by atoms with Crippen molar-refractivity contribution in [2.75, 3.05) is 12.3 Å². The minimum absolute atomic E-state index is 0.00370. The first-order valence-electron chi connectivity index (χ1n) is 5.87. The highest BCUT2D eigenvalue weighted by Gasteiger charge is 2.20. The molecular formula is C12H20N4O2. The summed E-state index contributed by atoms with van der Waals surface area (Å²) in [4.78, 5) is 11.7. The molecule has 0 fully saturated rings. The smallest absolute Gasteiger partial charge is 0.356 e. The minimum atomic E-state index is -0.547. The molecule has 6 nitrogen and oxygen atoms in total. The molecule has 0 spiro atoms. The van der Waals surface area contributed by atoms with Crippen LogP contribution in [0.15, 0.2) is 11.8 Å². The molecule has 0 bridgehead atoms. The molecule has 4 N–H and O–H groups in total. The lowest BCUT2D eigenvalue weighted by Crippen LogP contribution is -2.22. The van der Waals surface area contributed by atoms with Crippen molar-refractivity contribution in [3.63, 3.8) is 0 Å². The topological polar surface area (TPSA) is 96.2 Å². The fourth-order valence-corrected chi connectivity index (χ4v) is 1.70. The summed E-state index contributed by atoms with van der Waals surface area (Å²) < 4.78 is 6.39. The second-order valence-electron chi connectivity index (χ2n) is 4.30. The molecule has 100 valence electrons. The minimum Gasteiger partial charge on any atom is -0.461 e. The summed E-state index contributed by atoms with van der Waals surface area (Å²) in [7, 11) is 0. The summed E-state index contributed by atoms with van der Waals surface area (Å²) in [6, 6.07) is 1.72. The van der Waals surface area contributed by atoms with Crippen LogP contribution in [0.4, 0.5) is 5.82 Å². The van der Waals surface area contributed by atoms with E-state index in [2.05, 4.69) is 5.10 Å². The molecule has 18 heavy (non-hydrogen) atoms. The fraction of sp³-hybridized carbons (Fsp3) is 0.500. The average molecular weight is 252 g/mol. The van der Waals surface area contributed by atoms with Crippen molar-refractivity contribution in [3.8, 4) is 0 Å². The summed E-state index contributed by atoms with van der Waals surface area (Å²) >= 11 is 0. The Morgan fingerprint density at radius 1 is 1.56 bits per heavy atom. The molecule has 0 radical (unpaired) electrons. The SMILES string of the molecule is CCOC(=O)/C(N)=C(\C(C)C)n1nc(C)cc1N. The van der Waals surface area contributed by atoms with Crippen molar-refractivity contribution < 1.29 is 9.53 Å². The van der Waals surface area contributed by atoms with Gasteiger partial charge in [-0.1, -0.05) is 13.8 Å². The van der Waals surface area contributed by atoms with Gasteiger partial charge >= 0.3 is 5.97 Å². The Bertz CT molecular complexity index is 474. The van der Waals surface area contributed by atoms with Crippen molar-refractivity contribution in [2.45, 2.75) is 27.7 Å². The van der Waals surface area contributed by atoms with Crippen LogP contribution < -0.4 is 11.5 Å². The number of allylic oxidation sites excluding steroid dienone is 1. The Morgan fingerprint density at radius 3 is 2.56 bits per heavy atom. The highest BCUT2D eigenvalue weighted by atomic mass is 16.5. The number of anilines is 1. The van der Waals surface area contributed by atoms with Gasteiger partial charge in [0.25, 0.3) is 0 Å². The monoisotopic (exact) mass is 252 g/mol. The van der Waals surface area contributed by atoms with E-state index in [0.717, 1.165) is 5.69 Å². The van der Waals surface area contributed by atoms with Gasteiger partial charge in [-0.15, -0.1) is 0 Å². The van der Waals surface area contributed by atoms with Gasteiger partial charge in [0.15, 0.2) is 0 Å². The number of hydrogen-bond donors (Lipinski definition) is 2. The molecule has 0 amide bonds. The number of nitrogen functional groups attached to an aromatic ring is 1. The molecule has 1 rings (SSSR count). The highest BCUT2D eigenvalue weighted by molar-refractivity contribution is 5.94. The maximum atomic E-state index is 11.7. The van der Waals surface area contributed by atoms with Crippen LogP contribution in [-0.2, 0) is 9.53 Å². The van der Waals surface area contributed by atoms with Gasteiger partial charge in [0.2, 0.25) is 0 Å². The molecule has 0 saturated heterocycles. The van der Waals surface area contributed by atoms with E-state index < -0.39 is 5.97 Å². The number of hydrogen-bond acceptors (Lipinski definition) is 5. The van der Waals surface area contributed by atoms with E-state index in [-0.39, 0.29) is 18.2 Å². The van der Waals surface area contributed by atoms with Crippen molar-refractivity contribution >= 4 is 17.5 Å². The lowest BCUT2D eigenvalue weighted by molar-refractivity contribution is -0.138. The number of nitrogens with two attached hydrogens (primary N) is 2. The molecule has 0 atom stereocenters. The third-order valence-electron chi connectivity index (χ3n) is 2.41. The highest BCUT2D eigenvalue weighted by Crippen LogP contribution is 2.22. The van der Waals surface area contributed by atoms with E-state index in [4.69, 9.17) is 16.2 Å². The number of aryl methyl sites for hydroxylation is 1.